The lowest BCUT2D eigenvalue weighted by atomic mass is 9.77. The molecule has 0 aliphatic heterocycles. The molecule has 0 bridgehead atoms. The third kappa shape index (κ3) is 2.25. The lowest BCUT2D eigenvalue weighted by Crippen LogP contribution is -2.38. The molecular formula is C13H18N2O. The van der Waals surface area contributed by atoms with Crippen molar-refractivity contribution >= 4 is 5.91 Å². The van der Waals surface area contributed by atoms with Gasteiger partial charge in [0.2, 0.25) is 5.91 Å². The molecule has 1 atom stereocenters. The Bertz CT molecular complexity index is 376. The highest BCUT2D eigenvalue weighted by Gasteiger charge is 2.31. The van der Waals surface area contributed by atoms with E-state index in [1.54, 1.807) is 0 Å². The number of hydrogen-bond acceptors (Lipinski definition) is 2. The van der Waals surface area contributed by atoms with Crippen LogP contribution in [0.1, 0.15) is 24.0 Å². The van der Waals surface area contributed by atoms with Gasteiger partial charge in [0.05, 0.1) is 5.92 Å². The molecule has 2 N–H and O–H groups in total. The highest BCUT2D eigenvalue weighted by molar-refractivity contribution is 5.86. The molecule has 0 saturated heterocycles. The van der Waals surface area contributed by atoms with E-state index in [-0.39, 0.29) is 11.8 Å². The Kier molecular flexibility index (Phi) is 3.57. The third-order valence-corrected chi connectivity index (χ3v) is 3.02. The summed E-state index contributed by atoms with van der Waals surface area (Å²) >= 11 is 0. The highest BCUT2D eigenvalue weighted by Crippen LogP contribution is 2.34. The lowest BCUT2D eigenvalue weighted by molar-refractivity contribution is -0.123. The van der Waals surface area contributed by atoms with Gasteiger partial charge in [0.1, 0.15) is 0 Å². The number of fused-ring (bicyclic) bond motifs is 1. The van der Waals surface area contributed by atoms with Crippen LogP contribution in [0.15, 0.2) is 24.3 Å². The van der Waals surface area contributed by atoms with Crippen LogP contribution in [0.5, 0.6) is 0 Å². The maximum absolute atomic E-state index is 11.8. The first kappa shape index (κ1) is 11.1. The number of benzene rings is 1. The van der Waals surface area contributed by atoms with E-state index in [2.05, 4.69) is 23.6 Å². The summed E-state index contributed by atoms with van der Waals surface area (Å²) < 4.78 is 0. The van der Waals surface area contributed by atoms with Gasteiger partial charge in [-0.2, -0.15) is 0 Å². The SMILES string of the molecule is CCNCCNC(=O)C1Cc2ccccc21. The topological polar surface area (TPSA) is 41.1 Å². The zero-order valence-corrected chi connectivity index (χ0v) is 9.62. The van der Waals surface area contributed by atoms with Crippen LogP contribution in [-0.4, -0.2) is 25.5 Å². The molecule has 0 aromatic heterocycles. The zero-order chi connectivity index (χ0) is 11.4. The van der Waals surface area contributed by atoms with Crippen molar-refractivity contribution in [1.29, 1.82) is 0 Å². The Morgan fingerprint density at radius 1 is 1.38 bits per heavy atom. The first-order chi connectivity index (χ1) is 7.83. The summed E-state index contributed by atoms with van der Waals surface area (Å²) in [5.41, 5.74) is 2.51. The molecule has 0 spiro atoms. The van der Waals surface area contributed by atoms with E-state index in [0.29, 0.717) is 6.54 Å². The number of nitrogens with one attached hydrogen (secondary N) is 2. The summed E-state index contributed by atoms with van der Waals surface area (Å²) in [5.74, 6) is 0.245. The van der Waals surface area contributed by atoms with E-state index in [1.165, 1.54) is 11.1 Å². The van der Waals surface area contributed by atoms with Crippen LogP contribution < -0.4 is 10.6 Å². The number of carbonyl (C=O) groups is 1. The molecule has 1 aromatic rings. The number of likely N-dealkylation sites (N-methyl/N-ethyl adjacent to an activating group) is 1. The molecule has 0 radical (unpaired) electrons. The molecule has 1 unspecified atom stereocenters. The van der Waals surface area contributed by atoms with Gasteiger partial charge in [0.25, 0.3) is 0 Å². The van der Waals surface area contributed by atoms with Gasteiger partial charge in [-0.3, -0.25) is 4.79 Å². The van der Waals surface area contributed by atoms with E-state index < -0.39 is 0 Å². The van der Waals surface area contributed by atoms with Gasteiger partial charge >= 0.3 is 0 Å². The van der Waals surface area contributed by atoms with Crippen molar-refractivity contribution in [2.75, 3.05) is 19.6 Å². The summed E-state index contributed by atoms with van der Waals surface area (Å²) in [6, 6.07) is 8.17. The number of amides is 1. The minimum Gasteiger partial charge on any atom is -0.354 e. The Morgan fingerprint density at radius 3 is 2.94 bits per heavy atom. The van der Waals surface area contributed by atoms with E-state index in [4.69, 9.17) is 0 Å². The second kappa shape index (κ2) is 5.12. The molecule has 1 aromatic carbocycles. The molecule has 0 fully saturated rings. The van der Waals surface area contributed by atoms with Crippen molar-refractivity contribution in [2.24, 2.45) is 0 Å². The molecule has 0 heterocycles. The van der Waals surface area contributed by atoms with Gasteiger partial charge in [-0.1, -0.05) is 31.2 Å². The second-order valence-corrected chi connectivity index (χ2v) is 4.10. The van der Waals surface area contributed by atoms with E-state index in [0.717, 1.165) is 19.5 Å². The minimum atomic E-state index is 0.0813. The number of carbonyl (C=O) groups excluding carboxylic acids is 1. The summed E-state index contributed by atoms with van der Waals surface area (Å²) in [6.07, 6.45) is 0.892. The van der Waals surface area contributed by atoms with Crippen LogP contribution in [0.2, 0.25) is 0 Å². The molecule has 1 aliphatic carbocycles. The van der Waals surface area contributed by atoms with Crippen molar-refractivity contribution in [3.05, 3.63) is 35.4 Å². The second-order valence-electron chi connectivity index (χ2n) is 4.10. The van der Waals surface area contributed by atoms with Crippen molar-refractivity contribution in [1.82, 2.24) is 10.6 Å². The van der Waals surface area contributed by atoms with Gasteiger partial charge in [-0.15, -0.1) is 0 Å². The fraction of sp³-hybridized carbons (Fsp3) is 0.462. The summed E-state index contributed by atoms with van der Waals surface area (Å²) in [6.45, 7) is 4.56. The first-order valence-corrected chi connectivity index (χ1v) is 5.89. The van der Waals surface area contributed by atoms with Gasteiger partial charge in [0.15, 0.2) is 0 Å². The third-order valence-electron chi connectivity index (χ3n) is 3.02. The predicted molar refractivity (Wildman–Crippen MR) is 64.4 cm³/mol. The number of rotatable bonds is 5. The molecule has 86 valence electrons. The standard InChI is InChI=1S/C13H18N2O/c1-2-14-7-8-15-13(16)12-9-10-5-3-4-6-11(10)12/h3-6,12,14H,2,7-9H2,1H3,(H,15,16). The Morgan fingerprint density at radius 2 is 2.19 bits per heavy atom. The molecule has 3 nitrogen and oxygen atoms in total. The maximum atomic E-state index is 11.8. The number of hydrogen-bond donors (Lipinski definition) is 2. The smallest absolute Gasteiger partial charge is 0.227 e. The van der Waals surface area contributed by atoms with Gasteiger partial charge in [-0.05, 0) is 24.1 Å². The maximum Gasteiger partial charge on any atom is 0.227 e. The quantitative estimate of drug-likeness (QED) is 0.725. The monoisotopic (exact) mass is 218 g/mol. The van der Waals surface area contributed by atoms with Crippen molar-refractivity contribution in [2.45, 2.75) is 19.3 Å². The van der Waals surface area contributed by atoms with Gasteiger partial charge in [-0.25, -0.2) is 0 Å². The summed E-state index contributed by atoms with van der Waals surface area (Å²) in [5, 5.41) is 6.14. The normalized spacial score (nSPS) is 17.4. The predicted octanol–water partition coefficient (Wildman–Crippen LogP) is 1.05. The molecule has 0 saturated carbocycles. The van der Waals surface area contributed by atoms with Crippen molar-refractivity contribution in [3.8, 4) is 0 Å². The Balaban J connectivity index is 1.80. The van der Waals surface area contributed by atoms with Gasteiger partial charge < -0.3 is 10.6 Å². The van der Waals surface area contributed by atoms with Crippen LogP contribution in [0.25, 0.3) is 0 Å². The molecule has 1 aliphatic rings. The van der Waals surface area contributed by atoms with Crippen molar-refractivity contribution < 1.29 is 4.79 Å². The van der Waals surface area contributed by atoms with E-state index in [9.17, 15) is 4.79 Å². The first-order valence-electron chi connectivity index (χ1n) is 5.89. The average molecular weight is 218 g/mol. The molecule has 2 rings (SSSR count). The van der Waals surface area contributed by atoms with E-state index >= 15 is 0 Å². The van der Waals surface area contributed by atoms with Crippen molar-refractivity contribution in [3.63, 3.8) is 0 Å². The zero-order valence-electron chi connectivity index (χ0n) is 9.62. The Labute approximate surface area is 96.2 Å². The van der Waals surface area contributed by atoms with Crippen LogP contribution in [0.4, 0.5) is 0 Å². The Hall–Kier alpha value is -1.35. The van der Waals surface area contributed by atoms with Crippen LogP contribution in [0.3, 0.4) is 0 Å². The largest absolute Gasteiger partial charge is 0.354 e. The fourth-order valence-corrected chi connectivity index (χ4v) is 2.07. The van der Waals surface area contributed by atoms with E-state index in [1.807, 2.05) is 18.2 Å². The lowest BCUT2D eigenvalue weighted by Gasteiger charge is -2.28. The fourth-order valence-electron chi connectivity index (χ4n) is 2.07. The van der Waals surface area contributed by atoms with Crippen LogP contribution in [-0.2, 0) is 11.2 Å². The molecule has 3 heteroatoms. The van der Waals surface area contributed by atoms with Crippen LogP contribution in [0, 0.1) is 0 Å². The molecule has 1 amide bonds. The highest BCUT2D eigenvalue weighted by atomic mass is 16.1. The van der Waals surface area contributed by atoms with Gasteiger partial charge in [0, 0.05) is 13.1 Å². The average Bonchev–Trinajstić information content (AvgIpc) is 2.26. The minimum absolute atomic E-state index is 0.0813. The molecule has 16 heavy (non-hydrogen) atoms. The van der Waals surface area contributed by atoms with Crippen LogP contribution >= 0.6 is 0 Å². The summed E-state index contributed by atoms with van der Waals surface area (Å²) in [7, 11) is 0. The molecular weight excluding hydrogens is 200 g/mol. The summed E-state index contributed by atoms with van der Waals surface area (Å²) in [4.78, 5) is 11.8.